The van der Waals surface area contributed by atoms with E-state index in [1.165, 1.54) is 0 Å². The van der Waals surface area contributed by atoms with E-state index in [1.54, 1.807) is 7.11 Å². The predicted molar refractivity (Wildman–Crippen MR) is 53.7 cm³/mol. The smallest absolute Gasteiger partial charge is 0.236 e. The summed E-state index contributed by atoms with van der Waals surface area (Å²) in [5, 5.41) is 2.80. The summed E-state index contributed by atoms with van der Waals surface area (Å²) in [4.78, 5) is 16.1. The van der Waals surface area contributed by atoms with E-state index in [2.05, 4.69) is 10.8 Å². The maximum Gasteiger partial charge on any atom is 0.236 e. The van der Waals surface area contributed by atoms with Crippen molar-refractivity contribution in [3.63, 3.8) is 0 Å². The highest BCUT2D eigenvalue weighted by molar-refractivity contribution is 5.78. The average Bonchev–Trinajstić information content (AvgIpc) is 2.00. The Labute approximate surface area is 85.1 Å². The topological polar surface area (TPSA) is 59.6 Å². The molecule has 84 valence electrons. The largest absolute Gasteiger partial charge is 0.382 e. The van der Waals surface area contributed by atoms with E-state index >= 15 is 0 Å². The maximum absolute atomic E-state index is 11.2. The zero-order valence-electron chi connectivity index (χ0n) is 9.35. The van der Waals surface area contributed by atoms with Crippen molar-refractivity contribution in [1.29, 1.82) is 0 Å². The molecule has 0 saturated carbocycles. The monoisotopic (exact) mass is 204 g/mol. The van der Waals surface area contributed by atoms with Crippen LogP contribution in [0, 0.1) is 0 Å². The molecule has 0 aliphatic carbocycles. The summed E-state index contributed by atoms with van der Waals surface area (Å²) in [7, 11) is 1.59. The van der Waals surface area contributed by atoms with E-state index in [0.29, 0.717) is 13.2 Å². The van der Waals surface area contributed by atoms with Crippen molar-refractivity contribution in [3.8, 4) is 0 Å². The molecule has 0 unspecified atom stereocenters. The van der Waals surface area contributed by atoms with Crippen LogP contribution in [0.25, 0.3) is 0 Å². The fourth-order valence-corrected chi connectivity index (χ4v) is 0.776. The molecule has 0 aliphatic heterocycles. The van der Waals surface area contributed by atoms with Gasteiger partial charge < -0.3 is 10.1 Å². The first-order chi connectivity index (χ1) is 6.45. The molecule has 0 rings (SSSR count). The lowest BCUT2D eigenvalue weighted by Gasteiger charge is -2.20. The molecule has 0 aromatic rings. The highest BCUT2D eigenvalue weighted by Gasteiger charge is 2.12. The highest BCUT2D eigenvalue weighted by atomic mass is 16.7. The minimum Gasteiger partial charge on any atom is -0.382 e. The third kappa shape index (κ3) is 9.44. The first kappa shape index (κ1) is 13.4. The molecule has 0 saturated heterocycles. The molecule has 14 heavy (non-hydrogen) atoms. The van der Waals surface area contributed by atoms with Crippen LogP contribution >= 0.6 is 0 Å². The Bertz CT molecular complexity index is 166. The van der Waals surface area contributed by atoms with Gasteiger partial charge in [-0.3, -0.25) is 9.63 Å². The van der Waals surface area contributed by atoms with E-state index in [4.69, 9.17) is 9.57 Å². The van der Waals surface area contributed by atoms with Crippen molar-refractivity contribution >= 4 is 5.91 Å². The van der Waals surface area contributed by atoms with Crippen LogP contribution in [0.3, 0.4) is 0 Å². The van der Waals surface area contributed by atoms with Crippen LogP contribution in [-0.2, 0) is 14.4 Å². The van der Waals surface area contributed by atoms with E-state index in [0.717, 1.165) is 0 Å². The number of amides is 1. The van der Waals surface area contributed by atoms with Crippen LogP contribution < -0.4 is 10.8 Å². The zero-order valence-corrected chi connectivity index (χ0v) is 9.35. The lowest BCUT2D eigenvalue weighted by Crippen LogP contribution is -2.44. The third-order valence-electron chi connectivity index (χ3n) is 1.24. The summed E-state index contributed by atoms with van der Waals surface area (Å²) < 4.78 is 4.76. The molecule has 0 spiro atoms. The van der Waals surface area contributed by atoms with Gasteiger partial charge in [0.05, 0.1) is 19.8 Å². The number of carbonyl (C=O) groups is 1. The number of ether oxygens (including phenoxy) is 1. The van der Waals surface area contributed by atoms with Crippen molar-refractivity contribution < 1.29 is 14.4 Å². The number of methoxy groups -OCH3 is 1. The minimum atomic E-state index is -0.203. The summed E-state index contributed by atoms with van der Waals surface area (Å²) in [6, 6.07) is 0. The molecule has 2 N–H and O–H groups in total. The second-order valence-electron chi connectivity index (χ2n) is 3.96. The van der Waals surface area contributed by atoms with Crippen LogP contribution in [-0.4, -0.2) is 38.3 Å². The number of carbonyl (C=O) groups excluding carboxylic acids is 1. The molecule has 5 nitrogen and oxygen atoms in total. The van der Waals surface area contributed by atoms with Crippen LogP contribution in [0.1, 0.15) is 20.8 Å². The van der Waals surface area contributed by atoms with Crippen LogP contribution in [0.15, 0.2) is 0 Å². The lowest BCUT2D eigenvalue weighted by molar-refractivity contribution is -0.124. The van der Waals surface area contributed by atoms with Gasteiger partial charge in [0.15, 0.2) is 0 Å². The van der Waals surface area contributed by atoms with E-state index in [9.17, 15) is 4.79 Å². The van der Waals surface area contributed by atoms with Crippen molar-refractivity contribution in [2.45, 2.75) is 26.3 Å². The molecule has 1 amide bonds. The fourth-order valence-electron chi connectivity index (χ4n) is 0.776. The fraction of sp³-hybridized carbons (Fsp3) is 0.889. The van der Waals surface area contributed by atoms with Crippen molar-refractivity contribution in [2.75, 3.05) is 26.9 Å². The number of rotatable bonds is 6. The second-order valence-corrected chi connectivity index (χ2v) is 3.96. The zero-order chi connectivity index (χ0) is 11.0. The Balaban J connectivity index is 3.36. The summed E-state index contributed by atoms with van der Waals surface area (Å²) in [5.41, 5.74) is 2.35. The molecule has 0 aliphatic rings. The van der Waals surface area contributed by atoms with Crippen molar-refractivity contribution in [2.24, 2.45) is 0 Å². The number of hydroxylamine groups is 1. The Morgan fingerprint density at radius 3 is 2.43 bits per heavy atom. The molecular formula is C9H20N2O3. The molecule has 5 heteroatoms. The normalized spacial score (nSPS) is 11.4. The lowest BCUT2D eigenvalue weighted by atomic mass is 10.1. The maximum atomic E-state index is 11.2. The Kier molecular flexibility index (Phi) is 6.44. The molecule has 0 aromatic carbocycles. The first-order valence-corrected chi connectivity index (χ1v) is 4.60. The van der Waals surface area contributed by atoms with Gasteiger partial charge in [0.25, 0.3) is 0 Å². The van der Waals surface area contributed by atoms with Gasteiger partial charge in [-0.15, -0.1) is 0 Å². The summed E-state index contributed by atoms with van der Waals surface area (Å²) in [6.07, 6.45) is 0. The molecule has 0 atom stereocenters. The van der Waals surface area contributed by atoms with Gasteiger partial charge in [-0.1, -0.05) is 0 Å². The molecule has 0 fully saturated rings. The van der Waals surface area contributed by atoms with Crippen LogP contribution in [0.2, 0.25) is 0 Å². The van der Waals surface area contributed by atoms with Crippen molar-refractivity contribution in [1.82, 2.24) is 10.8 Å². The number of nitrogens with one attached hydrogen (secondary N) is 2. The molecule has 0 bridgehead atoms. The van der Waals surface area contributed by atoms with Crippen LogP contribution in [0.5, 0.6) is 0 Å². The summed E-state index contributed by atoms with van der Waals surface area (Å²) >= 11 is 0. The molecular weight excluding hydrogens is 184 g/mol. The third-order valence-corrected chi connectivity index (χ3v) is 1.24. The quantitative estimate of drug-likeness (QED) is 0.475. The second kappa shape index (κ2) is 6.75. The number of hydrogen-bond acceptors (Lipinski definition) is 4. The number of hydrogen-bond donors (Lipinski definition) is 2. The molecule has 0 aromatic heterocycles. The summed E-state index contributed by atoms with van der Waals surface area (Å²) in [6.45, 7) is 6.87. The van der Waals surface area contributed by atoms with Gasteiger partial charge in [0.2, 0.25) is 5.91 Å². The van der Waals surface area contributed by atoms with Gasteiger partial charge >= 0.3 is 0 Å². The summed E-state index contributed by atoms with van der Waals surface area (Å²) in [5.74, 6) is -0.0880. The van der Waals surface area contributed by atoms with Gasteiger partial charge in [-0.2, -0.15) is 5.48 Å². The van der Waals surface area contributed by atoms with Crippen LogP contribution in [0.4, 0.5) is 0 Å². The van der Waals surface area contributed by atoms with E-state index in [1.807, 2.05) is 20.8 Å². The van der Waals surface area contributed by atoms with Crippen molar-refractivity contribution in [3.05, 3.63) is 0 Å². The van der Waals surface area contributed by atoms with Gasteiger partial charge in [-0.25, -0.2) is 0 Å². The standard InChI is InChI=1S/C9H20N2O3/c1-9(2,3)11-8(12)7-10-14-6-5-13-4/h10H,5-7H2,1-4H3,(H,11,12). The van der Waals surface area contributed by atoms with E-state index < -0.39 is 0 Å². The Hall–Kier alpha value is -0.650. The average molecular weight is 204 g/mol. The van der Waals surface area contributed by atoms with E-state index in [-0.39, 0.29) is 18.0 Å². The first-order valence-electron chi connectivity index (χ1n) is 4.60. The SMILES string of the molecule is COCCONCC(=O)NC(C)(C)C. The molecule has 0 heterocycles. The van der Waals surface area contributed by atoms with Gasteiger partial charge in [0.1, 0.15) is 0 Å². The highest BCUT2D eigenvalue weighted by Crippen LogP contribution is 1.96. The molecule has 0 radical (unpaired) electrons. The minimum absolute atomic E-state index is 0.0880. The van der Waals surface area contributed by atoms with Gasteiger partial charge in [0, 0.05) is 12.6 Å². The Morgan fingerprint density at radius 1 is 1.29 bits per heavy atom. The predicted octanol–water partition coefficient (Wildman–Crippen LogP) is 0.0687. The van der Waals surface area contributed by atoms with Gasteiger partial charge in [-0.05, 0) is 20.8 Å². The Morgan fingerprint density at radius 2 is 1.93 bits per heavy atom.